The summed E-state index contributed by atoms with van der Waals surface area (Å²) in [4.78, 5) is 24.4. The fourth-order valence-electron chi connectivity index (χ4n) is 4.39. The van der Waals surface area contributed by atoms with E-state index in [2.05, 4.69) is 5.32 Å². The summed E-state index contributed by atoms with van der Waals surface area (Å²) in [5.74, 6) is -1.13. The third-order valence-corrected chi connectivity index (χ3v) is 5.95. The fraction of sp³-hybridized carbons (Fsp3) is 0.231. The predicted molar refractivity (Wildman–Crippen MR) is 124 cm³/mol. The number of fused-ring (bicyclic) bond motifs is 3. The number of nitrogens with one attached hydrogen (secondary N) is 1. The van der Waals surface area contributed by atoms with Gasteiger partial charge < -0.3 is 29.7 Å². The minimum Gasteiger partial charge on any atom is -0.493 e. The van der Waals surface area contributed by atoms with Gasteiger partial charge in [0.25, 0.3) is 0 Å². The lowest BCUT2D eigenvalue weighted by molar-refractivity contribution is -0.148. The number of carboxylic acids is 1. The van der Waals surface area contributed by atoms with Crippen molar-refractivity contribution in [1.82, 2.24) is 5.32 Å². The first-order chi connectivity index (χ1) is 16.5. The van der Waals surface area contributed by atoms with Crippen molar-refractivity contribution < 1.29 is 34.0 Å². The lowest BCUT2D eigenvalue weighted by Crippen LogP contribution is -2.41. The van der Waals surface area contributed by atoms with Crippen LogP contribution in [0, 0.1) is 0 Å². The van der Waals surface area contributed by atoms with E-state index in [0.29, 0.717) is 5.75 Å². The van der Waals surface area contributed by atoms with Crippen LogP contribution in [-0.2, 0) is 9.53 Å². The monoisotopic (exact) mass is 463 g/mol. The standard InChI is InChI=1S/C26H25NO7/c1-32-21-13-7-12-19(24(21)33-2)22(23(28)25(29)30)27-26(31)34-14-20-17-10-5-3-8-15(17)16-9-4-6-11-18(16)20/h3-13,20,22-23,28H,14H2,1-2H3,(H,27,31)(H,29,30). The molecule has 3 aromatic rings. The maximum Gasteiger partial charge on any atom is 0.407 e. The number of para-hydroxylation sites is 1. The molecule has 1 aliphatic carbocycles. The summed E-state index contributed by atoms with van der Waals surface area (Å²) < 4.78 is 16.1. The second-order valence-corrected chi connectivity index (χ2v) is 7.81. The number of ether oxygens (including phenoxy) is 3. The van der Waals surface area contributed by atoms with E-state index in [4.69, 9.17) is 14.2 Å². The molecule has 0 spiro atoms. The molecule has 1 aliphatic rings. The van der Waals surface area contributed by atoms with E-state index in [1.54, 1.807) is 18.2 Å². The molecule has 0 aliphatic heterocycles. The van der Waals surface area contributed by atoms with Gasteiger partial charge in [-0.15, -0.1) is 0 Å². The minimum atomic E-state index is -1.94. The Morgan fingerprint density at radius 2 is 1.53 bits per heavy atom. The number of hydrogen-bond acceptors (Lipinski definition) is 6. The van der Waals surface area contributed by atoms with Crippen molar-refractivity contribution >= 4 is 12.1 Å². The summed E-state index contributed by atoms with van der Waals surface area (Å²) in [6.07, 6.45) is -2.81. The van der Waals surface area contributed by atoms with Crippen LogP contribution in [-0.4, -0.2) is 49.2 Å². The van der Waals surface area contributed by atoms with Crippen LogP contribution in [0.25, 0.3) is 11.1 Å². The first-order valence-electron chi connectivity index (χ1n) is 10.7. The van der Waals surface area contributed by atoms with E-state index in [-0.39, 0.29) is 23.8 Å². The first-order valence-corrected chi connectivity index (χ1v) is 10.7. The second-order valence-electron chi connectivity index (χ2n) is 7.81. The molecular formula is C26H25NO7. The van der Waals surface area contributed by atoms with Crippen molar-refractivity contribution in [2.45, 2.75) is 18.1 Å². The second kappa shape index (κ2) is 9.84. The van der Waals surface area contributed by atoms with E-state index in [1.165, 1.54) is 14.2 Å². The summed E-state index contributed by atoms with van der Waals surface area (Å²) in [6, 6.07) is 19.3. The number of carbonyl (C=O) groups is 2. The summed E-state index contributed by atoms with van der Waals surface area (Å²) in [5.41, 5.74) is 4.52. The Labute approximate surface area is 196 Å². The zero-order valence-electron chi connectivity index (χ0n) is 18.7. The number of aliphatic hydroxyl groups is 1. The van der Waals surface area contributed by atoms with Crippen molar-refractivity contribution in [3.05, 3.63) is 83.4 Å². The van der Waals surface area contributed by atoms with Crippen molar-refractivity contribution in [3.8, 4) is 22.6 Å². The van der Waals surface area contributed by atoms with Gasteiger partial charge in [0.2, 0.25) is 0 Å². The van der Waals surface area contributed by atoms with Crippen molar-refractivity contribution in [1.29, 1.82) is 0 Å². The molecule has 8 nitrogen and oxygen atoms in total. The molecule has 3 N–H and O–H groups in total. The molecule has 4 rings (SSSR count). The zero-order chi connectivity index (χ0) is 24.2. The number of aliphatic carboxylic acids is 1. The van der Waals surface area contributed by atoms with E-state index < -0.39 is 24.2 Å². The molecule has 176 valence electrons. The Balaban J connectivity index is 1.56. The van der Waals surface area contributed by atoms with Crippen LogP contribution in [0.5, 0.6) is 11.5 Å². The molecule has 0 fully saturated rings. The van der Waals surface area contributed by atoms with Gasteiger partial charge in [-0.1, -0.05) is 60.7 Å². The lowest BCUT2D eigenvalue weighted by Gasteiger charge is -2.24. The van der Waals surface area contributed by atoms with Gasteiger partial charge in [-0.2, -0.15) is 0 Å². The van der Waals surface area contributed by atoms with Crippen LogP contribution in [0.2, 0.25) is 0 Å². The van der Waals surface area contributed by atoms with Gasteiger partial charge in [0.1, 0.15) is 6.61 Å². The number of rotatable bonds is 8. The highest BCUT2D eigenvalue weighted by Crippen LogP contribution is 2.44. The smallest absolute Gasteiger partial charge is 0.407 e. The molecule has 2 atom stereocenters. The Morgan fingerprint density at radius 1 is 0.912 bits per heavy atom. The average molecular weight is 463 g/mol. The third-order valence-electron chi connectivity index (χ3n) is 5.95. The van der Waals surface area contributed by atoms with Gasteiger partial charge in [-0.3, -0.25) is 0 Å². The summed E-state index contributed by atoms with van der Waals surface area (Å²) >= 11 is 0. The number of aliphatic hydroxyl groups excluding tert-OH is 1. The van der Waals surface area contributed by atoms with Crippen LogP contribution in [0.3, 0.4) is 0 Å². The molecule has 0 aromatic heterocycles. The van der Waals surface area contributed by atoms with Crippen LogP contribution in [0.4, 0.5) is 4.79 Å². The van der Waals surface area contributed by atoms with Gasteiger partial charge in [0.05, 0.1) is 20.3 Å². The van der Waals surface area contributed by atoms with Crippen LogP contribution >= 0.6 is 0 Å². The fourth-order valence-corrected chi connectivity index (χ4v) is 4.39. The summed E-state index contributed by atoms with van der Waals surface area (Å²) in [6.45, 7) is 0.0466. The van der Waals surface area contributed by atoms with E-state index in [9.17, 15) is 19.8 Å². The molecule has 0 saturated heterocycles. The average Bonchev–Trinajstić information content (AvgIpc) is 3.18. The van der Waals surface area contributed by atoms with Gasteiger partial charge in [0, 0.05) is 11.5 Å². The first kappa shape index (κ1) is 23.1. The van der Waals surface area contributed by atoms with Crippen LogP contribution in [0.15, 0.2) is 66.7 Å². The highest BCUT2D eigenvalue weighted by Gasteiger charge is 2.34. The van der Waals surface area contributed by atoms with Gasteiger partial charge in [-0.25, -0.2) is 9.59 Å². The molecule has 3 aromatic carbocycles. The van der Waals surface area contributed by atoms with Gasteiger partial charge in [-0.05, 0) is 28.3 Å². The topological polar surface area (TPSA) is 114 Å². The maximum absolute atomic E-state index is 12.8. The number of carbonyl (C=O) groups excluding carboxylic acids is 1. The van der Waals surface area contributed by atoms with Crippen LogP contribution in [0.1, 0.15) is 28.7 Å². The number of alkyl carbamates (subject to hydrolysis) is 1. The van der Waals surface area contributed by atoms with Gasteiger partial charge >= 0.3 is 12.1 Å². The zero-order valence-corrected chi connectivity index (χ0v) is 18.7. The number of amides is 1. The van der Waals surface area contributed by atoms with Crippen LogP contribution < -0.4 is 14.8 Å². The molecule has 34 heavy (non-hydrogen) atoms. The molecule has 1 amide bonds. The minimum absolute atomic E-state index is 0.0466. The molecular weight excluding hydrogens is 438 g/mol. The van der Waals surface area contributed by atoms with Gasteiger partial charge in [0.15, 0.2) is 17.6 Å². The molecule has 2 unspecified atom stereocenters. The maximum atomic E-state index is 12.8. The molecule has 0 bridgehead atoms. The number of methoxy groups -OCH3 is 2. The summed E-state index contributed by atoms with van der Waals surface area (Å²) in [7, 11) is 2.82. The normalized spacial score (nSPS) is 13.9. The highest BCUT2D eigenvalue weighted by molar-refractivity contribution is 5.79. The van der Waals surface area contributed by atoms with E-state index in [0.717, 1.165) is 22.3 Å². The Kier molecular flexibility index (Phi) is 6.70. The Hall–Kier alpha value is -4.04. The lowest BCUT2D eigenvalue weighted by atomic mass is 9.98. The molecule has 0 saturated carbocycles. The predicted octanol–water partition coefficient (Wildman–Crippen LogP) is 3.73. The Bertz CT molecular complexity index is 1160. The van der Waals surface area contributed by atoms with E-state index >= 15 is 0 Å². The summed E-state index contributed by atoms with van der Waals surface area (Å²) in [5, 5.41) is 22.3. The van der Waals surface area contributed by atoms with Crippen molar-refractivity contribution in [2.75, 3.05) is 20.8 Å². The van der Waals surface area contributed by atoms with Crippen molar-refractivity contribution in [2.24, 2.45) is 0 Å². The SMILES string of the molecule is COc1cccc(C(NC(=O)OCC2c3ccccc3-c3ccccc32)C(O)C(=O)O)c1OC. The van der Waals surface area contributed by atoms with Crippen molar-refractivity contribution in [3.63, 3.8) is 0 Å². The highest BCUT2D eigenvalue weighted by atomic mass is 16.5. The third kappa shape index (κ3) is 4.27. The number of benzene rings is 3. The number of carboxylic acid groups (broad SMARTS) is 1. The largest absolute Gasteiger partial charge is 0.493 e. The Morgan fingerprint density at radius 3 is 2.09 bits per heavy atom. The molecule has 0 heterocycles. The van der Waals surface area contributed by atoms with E-state index in [1.807, 2.05) is 48.5 Å². The molecule has 0 radical (unpaired) electrons. The number of hydrogen-bond donors (Lipinski definition) is 3. The molecule has 8 heteroatoms. The quantitative estimate of drug-likeness (QED) is 0.466.